The summed E-state index contributed by atoms with van der Waals surface area (Å²) >= 11 is 5.88. The fraction of sp³-hybridized carbons (Fsp3) is 0.345. The zero-order valence-electron chi connectivity index (χ0n) is 22.9. The minimum atomic E-state index is -5.47. The first-order chi connectivity index (χ1) is 20.7. The third-order valence-electron chi connectivity index (χ3n) is 7.49. The van der Waals surface area contributed by atoms with Crippen LogP contribution in [0.15, 0.2) is 42.5 Å². The second kappa shape index (κ2) is 11.4. The molecule has 2 atom stereocenters. The minimum Gasteiger partial charge on any atom is -0.493 e. The van der Waals surface area contributed by atoms with Crippen LogP contribution in [0.5, 0.6) is 17.2 Å². The zero-order valence-corrected chi connectivity index (χ0v) is 23.7. The fourth-order valence-electron chi connectivity index (χ4n) is 4.66. The number of aromatic nitrogens is 1. The van der Waals surface area contributed by atoms with Gasteiger partial charge in [-0.25, -0.2) is 13.8 Å². The number of alkyl halides is 4. The first-order valence-corrected chi connectivity index (χ1v) is 13.5. The summed E-state index contributed by atoms with van der Waals surface area (Å²) in [5, 5.41) is 12.8. The molecule has 1 aliphatic carbocycles. The number of pyridine rings is 1. The van der Waals surface area contributed by atoms with E-state index in [9.17, 15) is 36.6 Å². The van der Waals surface area contributed by atoms with E-state index in [1.54, 1.807) is 0 Å². The molecule has 0 spiro atoms. The number of carbonyl (C=O) groups excluding carboxylic acids is 2. The summed E-state index contributed by atoms with van der Waals surface area (Å²) in [5.74, 6) is -2.88. The predicted octanol–water partition coefficient (Wildman–Crippen LogP) is 4.36. The number of benzene rings is 2. The molecule has 0 saturated heterocycles. The first-order valence-electron chi connectivity index (χ1n) is 13.2. The number of fused-ring (bicyclic) bond motifs is 1. The molecule has 4 N–H and O–H groups in total. The number of hydrogen-bond acceptors (Lipinski definition) is 7. The van der Waals surface area contributed by atoms with Crippen LogP contribution in [-0.4, -0.2) is 61.1 Å². The Morgan fingerprint density at radius 3 is 2.50 bits per heavy atom. The van der Waals surface area contributed by atoms with Crippen LogP contribution in [-0.2, 0) is 15.8 Å². The largest absolute Gasteiger partial charge is 0.493 e. The van der Waals surface area contributed by atoms with Crippen LogP contribution < -0.4 is 25.3 Å². The van der Waals surface area contributed by atoms with Crippen LogP contribution in [0, 0.1) is 5.82 Å². The lowest BCUT2D eigenvalue weighted by molar-refractivity contribution is -0.265. The Morgan fingerprint density at radius 2 is 1.91 bits per heavy atom. The van der Waals surface area contributed by atoms with E-state index in [2.05, 4.69) is 10.3 Å². The van der Waals surface area contributed by atoms with E-state index in [1.165, 1.54) is 25.3 Å². The third kappa shape index (κ3) is 5.47. The van der Waals surface area contributed by atoms with Gasteiger partial charge in [0, 0.05) is 16.7 Å². The maximum absolute atomic E-state index is 14.6. The molecule has 2 heterocycles. The highest BCUT2D eigenvalue weighted by atomic mass is 35.5. The molecule has 1 fully saturated rings. The van der Waals surface area contributed by atoms with Gasteiger partial charge in [-0.1, -0.05) is 11.6 Å². The van der Waals surface area contributed by atoms with Gasteiger partial charge in [-0.3, -0.25) is 9.59 Å². The Morgan fingerprint density at radius 1 is 1.18 bits per heavy atom. The Bertz CT molecular complexity index is 1640. The average Bonchev–Trinajstić information content (AvgIpc) is 3.72. The van der Waals surface area contributed by atoms with Crippen LogP contribution in [0.25, 0.3) is 11.3 Å². The monoisotopic (exact) mass is 641 g/mol. The average molecular weight is 642 g/mol. The van der Waals surface area contributed by atoms with Crippen LogP contribution in [0.4, 0.5) is 22.0 Å². The summed E-state index contributed by atoms with van der Waals surface area (Å²) < 4.78 is 88.6. The van der Waals surface area contributed by atoms with Gasteiger partial charge in [-0.2, -0.15) is 13.2 Å². The van der Waals surface area contributed by atoms with E-state index in [1.807, 2.05) is 0 Å². The molecule has 0 radical (unpaired) electrons. The van der Waals surface area contributed by atoms with Crippen molar-refractivity contribution in [3.63, 3.8) is 0 Å². The molecule has 0 bridgehead atoms. The number of carbonyl (C=O) groups is 2. The highest BCUT2D eigenvalue weighted by molar-refractivity contribution is 6.31. The standard InChI is InChI=1S/C29H25ClF5N3O6/c1-42-21-9-15(3-7-20(21)44-16-4-5-16)25(39)37-12-28(41,29(33,34)35)22-10-17-24(43-13-27(17,11-31)26(36)40)23(38-22)14-2-6-19(32)18(30)8-14/h2-3,6-10,16,41H,4-5,11-13H2,1H3,(H2,36,40)(H,37,39)/t27-,28?/m1/s1. The Balaban J connectivity index is 1.56. The van der Waals surface area contributed by atoms with Crippen molar-refractivity contribution in [2.75, 3.05) is 26.9 Å². The summed E-state index contributed by atoms with van der Waals surface area (Å²) in [6.45, 7) is -3.58. The van der Waals surface area contributed by atoms with Gasteiger partial charge in [0.05, 0.1) is 30.5 Å². The second-order valence-electron chi connectivity index (χ2n) is 10.5. The number of rotatable bonds is 10. The van der Waals surface area contributed by atoms with Crippen LogP contribution in [0.3, 0.4) is 0 Å². The summed E-state index contributed by atoms with van der Waals surface area (Å²) in [5.41, 5.74) is -2.75. The molecule has 9 nitrogen and oxygen atoms in total. The van der Waals surface area contributed by atoms with Gasteiger partial charge in [-0.15, -0.1) is 0 Å². The molecule has 2 amide bonds. The molecule has 15 heteroatoms. The van der Waals surface area contributed by atoms with Gasteiger partial charge in [-0.05, 0) is 55.3 Å². The number of primary amides is 1. The van der Waals surface area contributed by atoms with Crippen LogP contribution in [0.1, 0.15) is 34.5 Å². The van der Waals surface area contributed by atoms with Gasteiger partial charge >= 0.3 is 6.18 Å². The zero-order chi connectivity index (χ0) is 32.0. The van der Waals surface area contributed by atoms with Crippen molar-refractivity contribution in [3.05, 3.63) is 70.1 Å². The van der Waals surface area contributed by atoms with Crippen molar-refractivity contribution in [3.8, 4) is 28.5 Å². The summed E-state index contributed by atoms with van der Waals surface area (Å²) in [4.78, 5) is 29.3. The number of amides is 2. The maximum atomic E-state index is 14.6. The Hall–Kier alpha value is -4.17. The number of hydrogen-bond donors (Lipinski definition) is 3. The van der Waals surface area contributed by atoms with E-state index in [4.69, 9.17) is 31.5 Å². The molecule has 1 aromatic heterocycles. The van der Waals surface area contributed by atoms with Gasteiger partial charge in [0.2, 0.25) is 11.5 Å². The topological polar surface area (TPSA) is 133 Å². The Kier molecular flexibility index (Phi) is 8.10. The summed E-state index contributed by atoms with van der Waals surface area (Å²) in [7, 11) is 1.33. The maximum Gasteiger partial charge on any atom is 0.424 e. The lowest BCUT2D eigenvalue weighted by atomic mass is 9.81. The number of nitrogens with two attached hydrogens (primary N) is 1. The molecular weight excluding hydrogens is 617 g/mol. The number of methoxy groups -OCH3 is 1. The highest BCUT2D eigenvalue weighted by Gasteiger charge is 2.58. The van der Waals surface area contributed by atoms with Crippen molar-refractivity contribution in [2.24, 2.45) is 5.73 Å². The number of aliphatic hydroxyl groups is 1. The molecule has 44 heavy (non-hydrogen) atoms. The van der Waals surface area contributed by atoms with Gasteiger partial charge in [0.1, 0.15) is 36.0 Å². The van der Waals surface area contributed by atoms with Crippen LogP contribution in [0.2, 0.25) is 5.02 Å². The predicted molar refractivity (Wildman–Crippen MR) is 146 cm³/mol. The molecule has 1 saturated carbocycles. The van der Waals surface area contributed by atoms with Crippen molar-refractivity contribution >= 4 is 23.4 Å². The van der Waals surface area contributed by atoms with E-state index < -0.39 is 76.6 Å². The third-order valence-corrected chi connectivity index (χ3v) is 7.78. The molecule has 1 aliphatic heterocycles. The van der Waals surface area contributed by atoms with Gasteiger partial charge in [0.25, 0.3) is 5.91 Å². The van der Waals surface area contributed by atoms with E-state index >= 15 is 0 Å². The molecule has 1 unspecified atom stereocenters. The number of nitrogens with zero attached hydrogens (tertiary/aromatic N) is 1. The van der Waals surface area contributed by atoms with Crippen molar-refractivity contribution < 1.29 is 50.9 Å². The molecule has 5 rings (SSSR count). The lowest BCUT2D eigenvalue weighted by Crippen LogP contribution is -2.52. The van der Waals surface area contributed by atoms with Crippen molar-refractivity contribution in [2.45, 2.75) is 36.1 Å². The first kappa shape index (κ1) is 31.3. The molecule has 234 valence electrons. The Labute approximate surface area is 252 Å². The smallest absolute Gasteiger partial charge is 0.424 e. The second-order valence-corrected chi connectivity index (χ2v) is 10.9. The van der Waals surface area contributed by atoms with E-state index in [0.717, 1.165) is 31.0 Å². The van der Waals surface area contributed by atoms with Crippen molar-refractivity contribution in [1.82, 2.24) is 10.3 Å². The summed E-state index contributed by atoms with van der Waals surface area (Å²) in [6.07, 6.45) is -3.75. The summed E-state index contributed by atoms with van der Waals surface area (Å²) in [6, 6.07) is 7.74. The molecule has 3 aromatic rings. The molecule has 2 aliphatic rings. The fourth-order valence-corrected chi connectivity index (χ4v) is 4.84. The van der Waals surface area contributed by atoms with Gasteiger partial charge < -0.3 is 30.4 Å². The lowest BCUT2D eigenvalue weighted by Gasteiger charge is -2.31. The van der Waals surface area contributed by atoms with Crippen LogP contribution >= 0.6 is 11.6 Å². The SMILES string of the molecule is COc1cc(C(=O)NCC(O)(c2cc3c(c(-c4ccc(F)c(Cl)c4)n2)OC[C@@]3(CF)C(N)=O)C(F)(F)F)ccc1OC1CC1. The minimum absolute atomic E-state index is 0.0112. The quantitative estimate of drug-likeness (QED) is 0.280. The molecule has 2 aromatic carbocycles. The van der Waals surface area contributed by atoms with E-state index in [-0.39, 0.29) is 28.7 Å². The normalized spacial score (nSPS) is 19.0. The number of halogens is 6. The number of ether oxygens (including phenoxy) is 3. The van der Waals surface area contributed by atoms with E-state index in [0.29, 0.717) is 11.8 Å². The number of nitrogens with one attached hydrogen (secondary N) is 1. The van der Waals surface area contributed by atoms with Gasteiger partial charge in [0.15, 0.2) is 11.5 Å². The highest BCUT2D eigenvalue weighted by Crippen LogP contribution is 2.48. The molecular formula is C29H25ClF5N3O6. The van der Waals surface area contributed by atoms with Crippen molar-refractivity contribution in [1.29, 1.82) is 0 Å².